The van der Waals surface area contributed by atoms with Crippen LogP contribution in [-0.4, -0.2) is 71.2 Å². The van der Waals surface area contributed by atoms with E-state index in [4.69, 9.17) is 4.74 Å². The molecule has 8 heteroatoms. The first-order chi connectivity index (χ1) is 13.5. The number of H-pyrrole nitrogens is 2. The summed E-state index contributed by atoms with van der Waals surface area (Å²) >= 11 is 0. The van der Waals surface area contributed by atoms with Crippen molar-refractivity contribution in [3.05, 3.63) is 46.1 Å². The Bertz CT molecular complexity index is 814. The monoisotopic (exact) mass is 387 g/mol. The molecular weight excluding hydrogens is 358 g/mol. The molecular formula is C20H29N5O3. The number of hydrogen-bond donors (Lipinski definition) is 2. The second kappa shape index (κ2) is 9.54. The van der Waals surface area contributed by atoms with E-state index in [-0.39, 0.29) is 18.0 Å². The third-order valence-electron chi connectivity index (χ3n) is 5.31. The number of rotatable bonds is 8. The molecule has 2 N–H and O–H groups in total. The lowest BCUT2D eigenvalue weighted by molar-refractivity contribution is -0.130. The molecule has 1 amide bonds. The highest BCUT2D eigenvalue weighted by Gasteiger charge is 2.23. The van der Waals surface area contributed by atoms with Crippen LogP contribution in [-0.2, 0) is 17.6 Å². The molecule has 1 aliphatic rings. The number of aromatic amines is 2. The molecule has 1 aromatic heterocycles. The van der Waals surface area contributed by atoms with Gasteiger partial charge < -0.3 is 14.5 Å². The summed E-state index contributed by atoms with van der Waals surface area (Å²) in [5, 5.41) is 6.09. The van der Waals surface area contributed by atoms with E-state index in [0.29, 0.717) is 11.7 Å². The maximum absolute atomic E-state index is 12.4. The average molecular weight is 387 g/mol. The summed E-state index contributed by atoms with van der Waals surface area (Å²) in [6, 6.07) is 8.24. The molecule has 0 aliphatic carbocycles. The number of hydrogen-bond acceptors (Lipinski definition) is 5. The fraction of sp³-hybridized carbons (Fsp3) is 0.550. The van der Waals surface area contributed by atoms with Gasteiger partial charge in [0.15, 0.2) is 0 Å². The van der Waals surface area contributed by atoms with Gasteiger partial charge >= 0.3 is 5.69 Å². The van der Waals surface area contributed by atoms with Crippen LogP contribution in [0, 0.1) is 5.92 Å². The first kappa shape index (κ1) is 20.1. The molecule has 2 heterocycles. The number of aromatic nitrogens is 3. The van der Waals surface area contributed by atoms with Crippen LogP contribution >= 0.6 is 0 Å². The van der Waals surface area contributed by atoms with E-state index < -0.39 is 0 Å². The standard InChI is InChI=1S/C20H29N5O3/c1-24(19(26)12-18-21-20(27)23-22-18)13-16-4-3-10-25(14-16)11-9-15-5-7-17(28-2)8-6-15/h5-8,16H,3-4,9-14H2,1-2H3,(H2,21,22,23,27)/t16-/m1/s1. The van der Waals surface area contributed by atoms with Crippen LogP contribution in [0.1, 0.15) is 24.2 Å². The SMILES string of the molecule is COc1ccc(CCN2CCC[C@H](CN(C)C(=O)Cc3n[nH]c(=O)[nH]3)C2)cc1. The van der Waals surface area contributed by atoms with Gasteiger partial charge in [-0.1, -0.05) is 12.1 Å². The number of benzene rings is 1. The van der Waals surface area contributed by atoms with Crippen LogP contribution in [0.25, 0.3) is 0 Å². The minimum absolute atomic E-state index is 0.0295. The average Bonchev–Trinajstić information content (AvgIpc) is 3.11. The third kappa shape index (κ3) is 5.69. The number of ether oxygens (including phenoxy) is 1. The van der Waals surface area contributed by atoms with Gasteiger partial charge in [-0.25, -0.2) is 9.89 Å². The lowest BCUT2D eigenvalue weighted by Crippen LogP contribution is -2.42. The Kier molecular flexibility index (Phi) is 6.86. The highest BCUT2D eigenvalue weighted by molar-refractivity contribution is 5.77. The molecule has 0 saturated carbocycles. The summed E-state index contributed by atoms with van der Waals surface area (Å²) < 4.78 is 5.21. The Morgan fingerprint density at radius 2 is 2.14 bits per heavy atom. The number of piperidine rings is 1. The van der Waals surface area contributed by atoms with Crippen molar-refractivity contribution < 1.29 is 9.53 Å². The molecule has 152 valence electrons. The molecule has 0 spiro atoms. The Labute approximate surface area is 164 Å². The predicted octanol–water partition coefficient (Wildman–Crippen LogP) is 1.06. The van der Waals surface area contributed by atoms with Gasteiger partial charge in [0.25, 0.3) is 0 Å². The van der Waals surface area contributed by atoms with Crippen LogP contribution in [0.15, 0.2) is 29.1 Å². The summed E-state index contributed by atoms with van der Waals surface area (Å²) in [7, 11) is 3.50. The van der Waals surface area contributed by atoms with Crippen molar-refractivity contribution in [3.8, 4) is 5.75 Å². The van der Waals surface area contributed by atoms with Gasteiger partial charge in [0.05, 0.1) is 13.5 Å². The minimum atomic E-state index is -0.384. The molecule has 1 aliphatic heterocycles. The number of carbonyl (C=O) groups excluding carboxylic acids is 1. The highest BCUT2D eigenvalue weighted by atomic mass is 16.5. The maximum Gasteiger partial charge on any atom is 0.340 e. The van der Waals surface area contributed by atoms with E-state index in [9.17, 15) is 9.59 Å². The molecule has 3 rings (SSSR count). The van der Waals surface area contributed by atoms with Gasteiger partial charge in [-0.05, 0) is 49.4 Å². The van der Waals surface area contributed by atoms with Crippen molar-refractivity contribution in [1.82, 2.24) is 25.0 Å². The summed E-state index contributed by atoms with van der Waals surface area (Å²) in [6.07, 6.45) is 3.42. The zero-order valence-corrected chi connectivity index (χ0v) is 16.6. The van der Waals surface area contributed by atoms with Gasteiger partial charge in [0.2, 0.25) is 5.91 Å². The fourth-order valence-electron chi connectivity index (χ4n) is 3.74. The van der Waals surface area contributed by atoms with Gasteiger partial charge in [0, 0.05) is 26.7 Å². The molecule has 1 saturated heterocycles. The van der Waals surface area contributed by atoms with E-state index in [0.717, 1.165) is 51.2 Å². The van der Waals surface area contributed by atoms with E-state index in [1.165, 1.54) is 5.56 Å². The van der Waals surface area contributed by atoms with E-state index in [1.807, 2.05) is 19.2 Å². The second-order valence-corrected chi connectivity index (χ2v) is 7.48. The fourth-order valence-corrected chi connectivity index (χ4v) is 3.74. The molecule has 1 aromatic carbocycles. The van der Waals surface area contributed by atoms with Crippen molar-refractivity contribution in [2.75, 3.05) is 40.3 Å². The van der Waals surface area contributed by atoms with Crippen molar-refractivity contribution >= 4 is 5.91 Å². The number of amides is 1. The van der Waals surface area contributed by atoms with E-state index in [1.54, 1.807) is 12.0 Å². The lowest BCUT2D eigenvalue weighted by atomic mass is 9.97. The van der Waals surface area contributed by atoms with Crippen LogP contribution < -0.4 is 10.4 Å². The second-order valence-electron chi connectivity index (χ2n) is 7.48. The third-order valence-corrected chi connectivity index (χ3v) is 5.31. The zero-order valence-electron chi connectivity index (χ0n) is 16.6. The normalized spacial score (nSPS) is 17.4. The van der Waals surface area contributed by atoms with Crippen LogP contribution in [0.4, 0.5) is 0 Å². The Morgan fingerprint density at radius 3 is 2.82 bits per heavy atom. The van der Waals surface area contributed by atoms with Gasteiger partial charge in [-0.15, -0.1) is 0 Å². The van der Waals surface area contributed by atoms with Crippen molar-refractivity contribution in [1.29, 1.82) is 0 Å². The molecule has 8 nitrogen and oxygen atoms in total. The first-order valence-electron chi connectivity index (χ1n) is 9.76. The number of likely N-dealkylation sites (tertiary alicyclic amines) is 1. The van der Waals surface area contributed by atoms with Crippen molar-refractivity contribution in [2.24, 2.45) is 5.92 Å². The highest BCUT2D eigenvalue weighted by Crippen LogP contribution is 2.19. The quantitative estimate of drug-likeness (QED) is 0.706. The number of likely N-dealkylation sites (N-methyl/N-ethyl adjacent to an activating group) is 1. The van der Waals surface area contributed by atoms with Gasteiger partial charge in [-0.3, -0.25) is 9.78 Å². The van der Waals surface area contributed by atoms with E-state index >= 15 is 0 Å². The summed E-state index contributed by atoms with van der Waals surface area (Å²) in [5.74, 6) is 1.70. The summed E-state index contributed by atoms with van der Waals surface area (Å²) in [5.41, 5.74) is 0.924. The summed E-state index contributed by atoms with van der Waals surface area (Å²) in [6.45, 7) is 3.87. The number of nitrogens with zero attached hydrogens (tertiary/aromatic N) is 3. The molecule has 1 fully saturated rings. The first-order valence-corrected chi connectivity index (χ1v) is 9.76. The molecule has 28 heavy (non-hydrogen) atoms. The Balaban J connectivity index is 1.44. The van der Waals surface area contributed by atoms with Crippen LogP contribution in [0.3, 0.4) is 0 Å². The number of carbonyl (C=O) groups is 1. The van der Waals surface area contributed by atoms with Crippen LogP contribution in [0.2, 0.25) is 0 Å². The van der Waals surface area contributed by atoms with Gasteiger partial charge in [-0.2, -0.15) is 5.10 Å². The predicted molar refractivity (Wildman–Crippen MR) is 106 cm³/mol. The topological polar surface area (TPSA) is 94.3 Å². The Hall–Kier alpha value is -2.61. The van der Waals surface area contributed by atoms with Crippen LogP contribution in [0.5, 0.6) is 5.75 Å². The smallest absolute Gasteiger partial charge is 0.340 e. The minimum Gasteiger partial charge on any atom is -0.497 e. The number of methoxy groups -OCH3 is 1. The molecule has 0 radical (unpaired) electrons. The zero-order chi connectivity index (χ0) is 19.9. The summed E-state index contributed by atoms with van der Waals surface area (Å²) in [4.78, 5) is 30.2. The Morgan fingerprint density at radius 1 is 1.36 bits per heavy atom. The molecule has 1 atom stereocenters. The largest absolute Gasteiger partial charge is 0.497 e. The maximum atomic E-state index is 12.4. The van der Waals surface area contributed by atoms with Crippen molar-refractivity contribution in [3.63, 3.8) is 0 Å². The van der Waals surface area contributed by atoms with Gasteiger partial charge in [0.1, 0.15) is 11.6 Å². The van der Waals surface area contributed by atoms with E-state index in [2.05, 4.69) is 32.2 Å². The molecule has 2 aromatic rings. The molecule has 0 unspecified atom stereocenters. The van der Waals surface area contributed by atoms with Crippen molar-refractivity contribution in [2.45, 2.75) is 25.7 Å². The number of nitrogens with one attached hydrogen (secondary N) is 2. The lowest BCUT2D eigenvalue weighted by Gasteiger charge is -2.34. The molecule has 0 bridgehead atoms.